The minimum Gasteiger partial charge on any atom is -0.285 e. The van der Waals surface area contributed by atoms with Crippen molar-refractivity contribution < 1.29 is 9.59 Å². The summed E-state index contributed by atoms with van der Waals surface area (Å²) in [6, 6.07) is 8.08. The normalized spacial score (nSPS) is 20.6. The second-order valence-electron chi connectivity index (χ2n) is 4.39. The summed E-state index contributed by atoms with van der Waals surface area (Å²) >= 11 is 0. The minimum atomic E-state index is -0.167. The molecule has 1 aliphatic heterocycles. The number of hydrogen-bond donors (Lipinski definition) is 0. The number of imide groups is 1. The van der Waals surface area contributed by atoms with E-state index >= 15 is 0 Å². The Hall–Kier alpha value is -1.64. The van der Waals surface area contributed by atoms with Gasteiger partial charge in [0.05, 0.1) is 5.92 Å². The molecule has 0 bridgehead atoms. The monoisotopic (exact) mass is 217 g/mol. The molecule has 1 atom stereocenters. The highest BCUT2D eigenvalue weighted by molar-refractivity contribution is 6.03. The van der Waals surface area contributed by atoms with Gasteiger partial charge in [0, 0.05) is 13.5 Å². The van der Waals surface area contributed by atoms with Crippen molar-refractivity contribution in [2.24, 2.45) is 5.92 Å². The Kier molecular flexibility index (Phi) is 2.77. The van der Waals surface area contributed by atoms with Gasteiger partial charge in [0.1, 0.15) is 0 Å². The smallest absolute Gasteiger partial charge is 0.232 e. The molecule has 1 aliphatic rings. The van der Waals surface area contributed by atoms with Crippen molar-refractivity contribution in [3.8, 4) is 0 Å². The van der Waals surface area contributed by atoms with E-state index in [4.69, 9.17) is 0 Å². The van der Waals surface area contributed by atoms with E-state index in [0.29, 0.717) is 12.8 Å². The maximum atomic E-state index is 11.7. The summed E-state index contributed by atoms with van der Waals surface area (Å²) < 4.78 is 0. The van der Waals surface area contributed by atoms with E-state index in [1.807, 2.05) is 25.1 Å². The molecule has 0 N–H and O–H groups in total. The third kappa shape index (κ3) is 1.98. The number of rotatable bonds is 2. The van der Waals surface area contributed by atoms with Crippen molar-refractivity contribution in [2.75, 3.05) is 7.05 Å². The van der Waals surface area contributed by atoms with E-state index in [1.165, 1.54) is 10.5 Å². The molecule has 2 rings (SSSR count). The highest BCUT2D eigenvalue weighted by atomic mass is 16.2. The summed E-state index contributed by atoms with van der Waals surface area (Å²) in [5, 5.41) is 0. The molecule has 1 saturated heterocycles. The largest absolute Gasteiger partial charge is 0.285 e. The molecule has 1 heterocycles. The fraction of sp³-hybridized carbons (Fsp3) is 0.385. The van der Waals surface area contributed by atoms with Crippen LogP contribution in [0, 0.1) is 12.8 Å². The van der Waals surface area contributed by atoms with E-state index in [0.717, 1.165) is 5.56 Å². The second-order valence-corrected chi connectivity index (χ2v) is 4.39. The van der Waals surface area contributed by atoms with Gasteiger partial charge in [-0.15, -0.1) is 0 Å². The lowest BCUT2D eigenvalue weighted by molar-refractivity contribution is -0.137. The molecular weight excluding hydrogens is 202 g/mol. The summed E-state index contributed by atoms with van der Waals surface area (Å²) in [7, 11) is 1.56. The summed E-state index contributed by atoms with van der Waals surface area (Å²) in [5.41, 5.74) is 2.31. The van der Waals surface area contributed by atoms with Gasteiger partial charge in [0.15, 0.2) is 0 Å². The summed E-state index contributed by atoms with van der Waals surface area (Å²) in [5.74, 6) is -0.284. The topological polar surface area (TPSA) is 37.4 Å². The Morgan fingerprint density at radius 2 is 2.12 bits per heavy atom. The molecule has 1 fully saturated rings. The fourth-order valence-corrected chi connectivity index (χ4v) is 2.11. The van der Waals surface area contributed by atoms with Gasteiger partial charge in [-0.05, 0) is 18.9 Å². The van der Waals surface area contributed by atoms with E-state index in [2.05, 4.69) is 6.07 Å². The van der Waals surface area contributed by atoms with Crippen molar-refractivity contribution in [3.63, 3.8) is 0 Å². The number of benzene rings is 1. The van der Waals surface area contributed by atoms with E-state index in [1.54, 1.807) is 7.05 Å². The molecule has 0 radical (unpaired) electrons. The van der Waals surface area contributed by atoms with Crippen molar-refractivity contribution >= 4 is 11.8 Å². The van der Waals surface area contributed by atoms with Crippen molar-refractivity contribution in [1.82, 2.24) is 4.90 Å². The van der Waals surface area contributed by atoms with E-state index in [9.17, 15) is 9.59 Å². The van der Waals surface area contributed by atoms with Crippen LogP contribution in [0.5, 0.6) is 0 Å². The lowest BCUT2D eigenvalue weighted by Crippen LogP contribution is -2.26. The van der Waals surface area contributed by atoms with Gasteiger partial charge in [-0.3, -0.25) is 14.5 Å². The Morgan fingerprint density at radius 3 is 2.69 bits per heavy atom. The average molecular weight is 217 g/mol. The molecule has 84 valence electrons. The number of aryl methyl sites for hydroxylation is 1. The zero-order valence-electron chi connectivity index (χ0n) is 9.56. The van der Waals surface area contributed by atoms with Gasteiger partial charge in [-0.2, -0.15) is 0 Å². The molecule has 0 saturated carbocycles. The quantitative estimate of drug-likeness (QED) is 0.705. The molecule has 1 aromatic rings. The lowest BCUT2D eigenvalue weighted by Gasteiger charge is -2.09. The average Bonchev–Trinajstić information content (AvgIpc) is 2.47. The summed E-state index contributed by atoms with van der Waals surface area (Å²) in [6.45, 7) is 2.03. The number of hydrogen-bond acceptors (Lipinski definition) is 2. The fourth-order valence-electron chi connectivity index (χ4n) is 2.11. The van der Waals surface area contributed by atoms with Crippen LogP contribution in [0.4, 0.5) is 0 Å². The Morgan fingerprint density at radius 1 is 1.38 bits per heavy atom. The van der Waals surface area contributed by atoms with Gasteiger partial charge in [-0.1, -0.05) is 29.8 Å². The SMILES string of the molecule is Cc1cccc(CC2CC(=O)N(C)C2=O)c1. The first-order valence-corrected chi connectivity index (χ1v) is 5.44. The van der Waals surface area contributed by atoms with Gasteiger partial charge < -0.3 is 0 Å². The van der Waals surface area contributed by atoms with Crippen LogP contribution < -0.4 is 0 Å². The molecule has 3 heteroatoms. The molecule has 0 spiro atoms. The van der Waals surface area contributed by atoms with Crippen LogP contribution >= 0.6 is 0 Å². The zero-order chi connectivity index (χ0) is 11.7. The van der Waals surface area contributed by atoms with Crippen molar-refractivity contribution in [3.05, 3.63) is 35.4 Å². The van der Waals surface area contributed by atoms with Crippen LogP contribution in [0.15, 0.2) is 24.3 Å². The maximum absolute atomic E-state index is 11.7. The van der Waals surface area contributed by atoms with Crippen LogP contribution in [-0.2, 0) is 16.0 Å². The Bertz CT molecular complexity index is 439. The first-order chi connectivity index (χ1) is 7.58. The summed E-state index contributed by atoms with van der Waals surface area (Å²) in [4.78, 5) is 24.3. The van der Waals surface area contributed by atoms with Gasteiger partial charge in [0.25, 0.3) is 0 Å². The Balaban J connectivity index is 2.12. The maximum Gasteiger partial charge on any atom is 0.232 e. The molecular formula is C13H15NO2. The molecule has 0 aromatic heterocycles. The van der Waals surface area contributed by atoms with Crippen molar-refractivity contribution in [1.29, 1.82) is 0 Å². The molecule has 3 nitrogen and oxygen atoms in total. The molecule has 16 heavy (non-hydrogen) atoms. The van der Waals surface area contributed by atoms with Crippen LogP contribution in [0.1, 0.15) is 17.5 Å². The number of amides is 2. The third-order valence-corrected chi connectivity index (χ3v) is 3.04. The number of nitrogens with zero attached hydrogens (tertiary/aromatic N) is 1. The third-order valence-electron chi connectivity index (χ3n) is 3.04. The van der Waals surface area contributed by atoms with E-state index < -0.39 is 0 Å². The van der Waals surface area contributed by atoms with E-state index in [-0.39, 0.29) is 17.7 Å². The minimum absolute atomic E-state index is 0.0495. The van der Waals surface area contributed by atoms with Crippen LogP contribution in [-0.4, -0.2) is 23.8 Å². The Labute approximate surface area is 95.1 Å². The van der Waals surface area contributed by atoms with Gasteiger partial charge in [0.2, 0.25) is 11.8 Å². The number of carbonyl (C=O) groups is 2. The standard InChI is InChI=1S/C13H15NO2/c1-9-4-3-5-10(6-9)7-11-8-12(15)14(2)13(11)16/h3-6,11H,7-8H2,1-2H3. The highest BCUT2D eigenvalue weighted by Gasteiger charge is 2.35. The molecule has 0 aliphatic carbocycles. The number of carbonyl (C=O) groups excluding carboxylic acids is 2. The zero-order valence-corrected chi connectivity index (χ0v) is 9.56. The lowest BCUT2D eigenvalue weighted by atomic mass is 9.97. The summed E-state index contributed by atoms with van der Waals surface area (Å²) in [6.07, 6.45) is 1.01. The molecule has 1 unspecified atom stereocenters. The molecule has 2 amide bonds. The first-order valence-electron chi connectivity index (χ1n) is 5.44. The van der Waals surface area contributed by atoms with Gasteiger partial charge >= 0.3 is 0 Å². The van der Waals surface area contributed by atoms with Crippen LogP contribution in [0.2, 0.25) is 0 Å². The van der Waals surface area contributed by atoms with Gasteiger partial charge in [-0.25, -0.2) is 0 Å². The number of likely N-dealkylation sites (tertiary alicyclic amines) is 1. The second kappa shape index (κ2) is 4.08. The predicted molar refractivity (Wildman–Crippen MR) is 60.8 cm³/mol. The molecule has 1 aromatic carbocycles. The first kappa shape index (κ1) is 10.9. The van der Waals surface area contributed by atoms with Crippen LogP contribution in [0.3, 0.4) is 0 Å². The van der Waals surface area contributed by atoms with Crippen LogP contribution in [0.25, 0.3) is 0 Å². The van der Waals surface area contributed by atoms with Crippen molar-refractivity contribution in [2.45, 2.75) is 19.8 Å². The predicted octanol–water partition coefficient (Wildman–Crippen LogP) is 1.54. The highest BCUT2D eigenvalue weighted by Crippen LogP contribution is 2.22.